The maximum Gasteiger partial charge on any atom is 0.0700 e. The molecule has 0 radical (unpaired) electrons. The summed E-state index contributed by atoms with van der Waals surface area (Å²) >= 11 is 0. The third-order valence-corrected chi connectivity index (χ3v) is 3.49. The van der Waals surface area contributed by atoms with Crippen molar-refractivity contribution in [3.8, 4) is 0 Å². The zero-order valence-corrected chi connectivity index (χ0v) is 6.79. The van der Waals surface area contributed by atoms with Gasteiger partial charge >= 0.3 is 0 Å². The molecule has 0 amide bonds. The summed E-state index contributed by atoms with van der Waals surface area (Å²) in [6.07, 6.45) is 5.22. The molecular formula is C9H16O2. The SMILES string of the molecule is OCC[C@]1(O)C[C@H]2CC[C@@H]1C2. The first-order valence-electron chi connectivity index (χ1n) is 4.58. The highest BCUT2D eigenvalue weighted by molar-refractivity contribution is 5.00. The number of hydrogen-bond donors (Lipinski definition) is 2. The lowest BCUT2D eigenvalue weighted by atomic mass is 9.82. The molecule has 2 N–H and O–H groups in total. The van der Waals surface area contributed by atoms with Gasteiger partial charge in [0.25, 0.3) is 0 Å². The molecule has 0 aliphatic heterocycles. The fourth-order valence-electron chi connectivity index (χ4n) is 2.91. The van der Waals surface area contributed by atoms with Gasteiger partial charge in [0.1, 0.15) is 0 Å². The van der Waals surface area contributed by atoms with Crippen LogP contribution in [0.4, 0.5) is 0 Å². The molecule has 2 fully saturated rings. The van der Waals surface area contributed by atoms with Gasteiger partial charge in [-0.05, 0) is 43.9 Å². The van der Waals surface area contributed by atoms with Crippen LogP contribution in [0.2, 0.25) is 0 Å². The molecule has 0 aromatic carbocycles. The van der Waals surface area contributed by atoms with Crippen LogP contribution < -0.4 is 0 Å². The van der Waals surface area contributed by atoms with Crippen molar-refractivity contribution in [1.82, 2.24) is 0 Å². The van der Waals surface area contributed by atoms with Crippen molar-refractivity contribution in [3.63, 3.8) is 0 Å². The Kier molecular flexibility index (Phi) is 1.69. The Hall–Kier alpha value is -0.0800. The number of aliphatic hydroxyl groups is 2. The van der Waals surface area contributed by atoms with E-state index in [9.17, 15) is 5.11 Å². The van der Waals surface area contributed by atoms with Gasteiger partial charge in [-0.25, -0.2) is 0 Å². The molecule has 2 bridgehead atoms. The Labute approximate surface area is 67.2 Å². The lowest BCUT2D eigenvalue weighted by molar-refractivity contribution is -0.0317. The molecule has 2 heteroatoms. The van der Waals surface area contributed by atoms with Crippen LogP contribution in [0, 0.1) is 11.8 Å². The molecule has 0 heterocycles. The summed E-state index contributed by atoms with van der Waals surface area (Å²) in [5.41, 5.74) is -0.488. The Morgan fingerprint density at radius 2 is 2.18 bits per heavy atom. The molecule has 0 unspecified atom stereocenters. The van der Waals surface area contributed by atoms with Gasteiger partial charge in [0.2, 0.25) is 0 Å². The molecular weight excluding hydrogens is 140 g/mol. The Morgan fingerprint density at radius 1 is 1.36 bits per heavy atom. The average Bonchev–Trinajstić information content (AvgIpc) is 2.45. The minimum absolute atomic E-state index is 0.139. The first-order chi connectivity index (χ1) is 5.24. The molecule has 64 valence electrons. The van der Waals surface area contributed by atoms with Gasteiger partial charge in [-0.15, -0.1) is 0 Å². The van der Waals surface area contributed by atoms with Crippen LogP contribution in [0.5, 0.6) is 0 Å². The highest BCUT2D eigenvalue weighted by Crippen LogP contribution is 2.51. The lowest BCUT2D eigenvalue weighted by Gasteiger charge is -2.31. The van der Waals surface area contributed by atoms with Crippen LogP contribution in [0.1, 0.15) is 32.1 Å². The summed E-state index contributed by atoms with van der Waals surface area (Å²) in [6, 6.07) is 0. The van der Waals surface area contributed by atoms with Crippen LogP contribution in [-0.2, 0) is 0 Å². The van der Waals surface area contributed by atoms with E-state index in [0.29, 0.717) is 12.3 Å². The third-order valence-electron chi connectivity index (χ3n) is 3.49. The minimum Gasteiger partial charge on any atom is -0.396 e. The van der Waals surface area contributed by atoms with E-state index < -0.39 is 5.60 Å². The highest BCUT2D eigenvalue weighted by atomic mass is 16.3. The quantitative estimate of drug-likeness (QED) is 0.624. The predicted molar refractivity (Wildman–Crippen MR) is 42.1 cm³/mol. The fraction of sp³-hybridized carbons (Fsp3) is 1.00. The topological polar surface area (TPSA) is 40.5 Å². The monoisotopic (exact) mass is 156 g/mol. The zero-order chi connectivity index (χ0) is 7.90. The van der Waals surface area contributed by atoms with E-state index in [1.807, 2.05) is 0 Å². The minimum atomic E-state index is -0.488. The first kappa shape index (κ1) is 7.56. The normalized spacial score (nSPS) is 48.5. The molecule has 0 saturated heterocycles. The van der Waals surface area contributed by atoms with E-state index in [2.05, 4.69) is 0 Å². The average molecular weight is 156 g/mol. The summed E-state index contributed by atoms with van der Waals surface area (Å²) in [7, 11) is 0. The van der Waals surface area contributed by atoms with Crippen molar-refractivity contribution in [3.05, 3.63) is 0 Å². The van der Waals surface area contributed by atoms with E-state index in [-0.39, 0.29) is 6.61 Å². The van der Waals surface area contributed by atoms with E-state index in [0.717, 1.165) is 12.3 Å². The van der Waals surface area contributed by atoms with Gasteiger partial charge in [0, 0.05) is 6.61 Å². The summed E-state index contributed by atoms with van der Waals surface area (Å²) in [6.45, 7) is 0.139. The van der Waals surface area contributed by atoms with Gasteiger partial charge in [-0.1, -0.05) is 0 Å². The van der Waals surface area contributed by atoms with Crippen LogP contribution >= 0.6 is 0 Å². The number of rotatable bonds is 2. The van der Waals surface area contributed by atoms with Gasteiger partial charge in [-0.2, -0.15) is 0 Å². The van der Waals surface area contributed by atoms with Crippen molar-refractivity contribution in [1.29, 1.82) is 0 Å². The summed E-state index contributed by atoms with van der Waals surface area (Å²) in [5, 5.41) is 18.8. The standard InChI is InChI=1S/C9H16O2/c10-4-3-9(11)6-7-1-2-8(9)5-7/h7-8,10-11H,1-6H2/t7-,8+,9-/m0/s1. The summed E-state index contributed by atoms with van der Waals surface area (Å²) in [4.78, 5) is 0. The molecule has 2 aliphatic rings. The smallest absolute Gasteiger partial charge is 0.0700 e. The maximum absolute atomic E-state index is 10.0. The third kappa shape index (κ3) is 1.09. The zero-order valence-electron chi connectivity index (χ0n) is 6.79. The van der Waals surface area contributed by atoms with E-state index >= 15 is 0 Å². The van der Waals surface area contributed by atoms with Gasteiger partial charge in [0.15, 0.2) is 0 Å². The van der Waals surface area contributed by atoms with Crippen LogP contribution in [0.3, 0.4) is 0 Å². The maximum atomic E-state index is 10.0. The van der Waals surface area contributed by atoms with Gasteiger partial charge < -0.3 is 10.2 Å². The molecule has 11 heavy (non-hydrogen) atoms. The lowest BCUT2D eigenvalue weighted by Crippen LogP contribution is -2.35. The van der Waals surface area contributed by atoms with Crippen molar-refractivity contribution in [2.24, 2.45) is 11.8 Å². The Balaban J connectivity index is 2.04. The molecule has 2 saturated carbocycles. The summed E-state index contributed by atoms with van der Waals surface area (Å²) < 4.78 is 0. The van der Waals surface area contributed by atoms with Crippen molar-refractivity contribution in [2.45, 2.75) is 37.7 Å². The van der Waals surface area contributed by atoms with E-state index in [1.165, 1.54) is 19.3 Å². The van der Waals surface area contributed by atoms with Crippen molar-refractivity contribution in [2.75, 3.05) is 6.61 Å². The second-order valence-corrected chi connectivity index (χ2v) is 4.16. The molecule has 0 spiro atoms. The second kappa shape index (κ2) is 2.46. The van der Waals surface area contributed by atoms with Crippen LogP contribution in [0.25, 0.3) is 0 Å². The second-order valence-electron chi connectivity index (χ2n) is 4.16. The molecule has 2 nitrogen and oxygen atoms in total. The van der Waals surface area contributed by atoms with Crippen molar-refractivity contribution < 1.29 is 10.2 Å². The van der Waals surface area contributed by atoms with Crippen LogP contribution in [-0.4, -0.2) is 22.4 Å². The number of aliphatic hydroxyl groups excluding tert-OH is 1. The number of hydrogen-bond acceptors (Lipinski definition) is 2. The molecule has 2 rings (SSSR count). The largest absolute Gasteiger partial charge is 0.396 e. The molecule has 0 aromatic rings. The van der Waals surface area contributed by atoms with Gasteiger partial charge in [-0.3, -0.25) is 0 Å². The molecule has 2 aliphatic carbocycles. The highest BCUT2D eigenvalue weighted by Gasteiger charge is 2.49. The first-order valence-corrected chi connectivity index (χ1v) is 4.58. The van der Waals surface area contributed by atoms with E-state index in [4.69, 9.17) is 5.11 Å². The summed E-state index contributed by atoms with van der Waals surface area (Å²) in [5.74, 6) is 1.26. The predicted octanol–water partition coefficient (Wildman–Crippen LogP) is 0.920. The van der Waals surface area contributed by atoms with Crippen molar-refractivity contribution >= 4 is 0 Å². The van der Waals surface area contributed by atoms with Crippen LogP contribution in [0.15, 0.2) is 0 Å². The Morgan fingerprint density at radius 3 is 2.64 bits per heavy atom. The number of fused-ring (bicyclic) bond motifs is 2. The van der Waals surface area contributed by atoms with E-state index in [1.54, 1.807) is 0 Å². The van der Waals surface area contributed by atoms with Gasteiger partial charge in [0.05, 0.1) is 5.60 Å². The Bertz CT molecular complexity index is 158. The molecule has 3 atom stereocenters. The molecule has 0 aromatic heterocycles. The fourth-order valence-corrected chi connectivity index (χ4v) is 2.91.